The predicted octanol–water partition coefficient (Wildman–Crippen LogP) is 4.45. The Kier molecular flexibility index (Phi) is 3.73. The zero-order chi connectivity index (χ0) is 15.1. The molecule has 0 amide bonds. The van der Waals surface area contributed by atoms with Crippen LogP contribution in [0.4, 0.5) is 14.6 Å². The lowest BCUT2D eigenvalue weighted by Crippen LogP contribution is -2.24. The number of benzene rings is 1. The van der Waals surface area contributed by atoms with Gasteiger partial charge in [0.15, 0.2) is 11.6 Å². The summed E-state index contributed by atoms with van der Waals surface area (Å²) in [5.41, 5.74) is 1.70. The Morgan fingerprint density at radius 1 is 1.33 bits per heavy atom. The van der Waals surface area contributed by atoms with E-state index in [0.717, 1.165) is 34.5 Å². The summed E-state index contributed by atoms with van der Waals surface area (Å²) < 4.78 is 29.4. The van der Waals surface area contributed by atoms with Gasteiger partial charge in [0.05, 0.1) is 16.2 Å². The van der Waals surface area contributed by atoms with Crippen LogP contribution in [-0.4, -0.2) is 16.3 Å². The van der Waals surface area contributed by atoms with E-state index in [4.69, 9.17) is 0 Å². The molecule has 1 atom stereocenters. The molecule has 0 radical (unpaired) electrons. The van der Waals surface area contributed by atoms with Gasteiger partial charge in [0, 0.05) is 6.54 Å². The number of nitrogens with zero attached hydrogens (tertiary/aromatic N) is 2. The number of anilines is 1. The number of fused-ring (bicyclic) bond motifs is 1. The summed E-state index contributed by atoms with van der Waals surface area (Å²) in [7, 11) is 0. The minimum absolute atomic E-state index is 0.0832. The minimum atomic E-state index is -0.822. The van der Waals surface area contributed by atoms with E-state index < -0.39 is 11.6 Å². The maximum atomic E-state index is 13.5. The van der Waals surface area contributed by atoms with Gasteiger partial charge in [0.25, 0.3) is 0 Å². The van der Waals surface area contributed by atoms with Crippen LogP contribution in [0, 0.1) is 11.6 Å². The fraction of sp³-hybridized carbons (Fsp3) is 0.400. The third-order valence-corrected chi connectivity index (χ3v) is 4.54. The lowest BCUT2D eigenvalue weighted by atomic mass is 10.0. The number of aromatic nitrogens is 2. The van der Waals surface area contributed by atoms with Crippen LogP contribution < -0.4 is 5.32 Å². The van der Waals surface area contributed by atoms with E-state index in [-0.39, 0.29) is 12.0 Å². The van der Waals surface area contributed by atoms with E-state index in [1.807, 2.05) is 4.68 Å². The number of rotatable bonds is 2. The first-order valence-corrected chi connectivity index (χ1v) is 7.75. The number of nitrogens with one attached hydrogen (secondary N) is 1. The first-order valence-electron chi connectivity index (χ1n) is 6.95. The second-order valence-electron chi connectivity index (χ2n) is 5.55. The van der Waals surface area contributed by atoms with Crippen LogP contribution in [0.25, 0.3) is 0 Å². The van der Waals surface area contributed by atoms with Gasteiger partial charge in [0.2, 0.25) is 0 Å². The van der Waals surface area contributed by atoms with E-state index in [9.17, 15) is 8.78 Å². The van der Waals surface area contributed by atoms with Gasteiger partial charge in [-0.25, -0.2) is 13.5 Å². The van der Waals surface area contributed by atoms with Gasteiger partial charge in [0.1, 0.15) is 5.82 Å². The highest BCUT2D eigenvalue weighted by molar-refractivity contribution is 9.10. The number of hydrogen-bond donors (Lipinski definition) is 1. The molecule has 21 heavy (non-hydrogen) atoms. The Morgan fingerprint density at radius 2 is 2.10 bits per heavy atom. The molecule has 1 aliphatic rings. The molecule has 0 fully saturated rings. The van der Waals surface area contributed by atoms with E-state index >= 15 is 0 Å². The van der Waals surface area contributed by atoms with Gasteiger partial charge in [-0.3, -0.25) is 0 Å². The molecule has 3 nitrogen and oxygen atoms in total. The first kappa shape index (κ1) is 14.5. The van der Waals surface area contributed by atoms with Crippen molar-refractivity contribution in [1.82, 2.24) is 9.78 Å². The summed E-state index contributed by atoms with van der Waals surface area (Å²) in [5, 5.41) is 7.97. The summed E-state index contributed by atoms with van der Waals surface area (Å²) in [4.78, 5) is 0. The normalized spacial score (nSPS) is 17.7. The molecule has 1 unspecified atom stereocenters. The van der Waals surface area contributed by atoms with Crippen molar-refractivity contribution in [2.24, 2.45) is 0 Å². The maximum absolute atomic E-state index is 13.5. The average Bonchev–Trinajstić information content (AvgIpc) is 2.80. The highest BCUT2D eigenvalue weighted by Gasteiger charge is 2.27. The Bertz CT molecular complexity index is 682. The van der Waals surface area contributed by atoms with Gasteiger partial charge in [-0.2, -0.15) is 5.10 Å². The standard InChI is InChI=1S/C15H16BrF2N3/c1-8(2)14-13(16)15-19-6-5-12(21(15)20-14)9-3-4-10(17)11(18)7-9/h3-4,7-8,12,19H,5-6H2,1-2H3. The predicted molar refractivity (Wildman–Crippen MR) is 81.6 cm³/mol. The van der Waals surface area contributed by atoms with Crippen molar-refractivity contribution >= 4 is 21.7 Å². The van der Waals surface area contributed by atoms with Crippen molar-refractivity contribution < 1.29 is 8.78 Å². The largest absolute Gasteiger partial charge is 0.369 e. The quantitative estimate of drug-likeness (QED) is 0.862. The fourth-order valence-corrected chi connectivity index (χ4v) is 3.52. The zero-order valence-electron chi connectivity index (χ0n) is 11.8. The van der Waals surface area contributed by atoms with Crippen LogP contribution in [0.15, 0.2) is 22.7 Å². The molecule has 3 rings (SSSR count). The van der Waals surface area contributed by atoms with Crippen LogP contribution in [0.2, 0.25) is 0 Å². The van der Waals surface area contributed by atoms with Crippen LogP contribution in [0.5, 0.6) is 0 Å². The van der Waals surface area contributed by atoms with Crippen molar-refractivity contribution in [2.75, 3.05) is 11.9 Å². The maximum Gasteiger partial charge on any atom is 0.159 e. The molecule has 112 valence electrons. The summed E-state index contributed by atoms with van der Waals surface area (Å²) in [6, 6.07) is 3.98. The van der Waals surface area contributed by atoms with Gasteiger partial charge < -0.3 is 5.32 Å². The van der Waals surface area contributed by atoms with E-state index in [0.29, 0.717) is 0 Å². The van der Waals surface area contributed by atoms with E-state index in [2.05, 4.69) is 40.2 Å². The Hall–Kier alpha value is -1.43. The first-order chi connectivity index (χ1) is 9.99. The minimum Gasteiger partial charge on any atom is -0.369 e. The average molecular weight is 356 g/mol. The Balaban J connectivity index is 2.08. The second kappa shape index (κ2) is 5.40. The highest BCUT2D eigenvalue weighted by Crippen LogP contribution is 2.38. The zero-order valence-corrected chi connectivity index (χ0v) is 13.4. The lowest BCUT2D eigenvalue weighted by molar-refractivity contribution is 0.465. The smallest absolute Gasteiger partial charge is 0.159 e. The van der Waals surface area contributed by atoms with Crippen LogP contribution >= 0.6 is 15.9 Å². The van der Waals surface area contributed by atoms with Gasteiger partial charge in [-0.1, -0.05) is 19.9 Å². The fourth-order valence-electron chi connectivity index (χ4n) is 2.66. The molecule has 0 saturated heterocycles. The molecule has 0 saturated carbocycles. The van der Waals surface area contributed by atoms with Crippen molar-refractivity contribution in [3.8, 4) is 0 Å². The van der Waals surface area contributed by atoms with Crippen molar-refractivity contribution in [1.29, 1.82) is 0 Å². The molecule has 1 aromatic carbocycles. The molecule has 0 aliphatic carbocycles. The Morgan fingerprint density at radius 3 is 2.76 bits per heavy atom. The molecule has 1 aliphatic heterocycles. The summed E-state index contributed by atoms with van der Waals surface area (Å²) in [6.45, 7) is 4.92. The number of hydrogen-bond acceptors (Lipinski definition) is 2. The van der Waals surface area contributed by atoms with Crippen LogP contribution in [0.3, 0.4) is 0 Å². The van der Waals surface area contributed by atoms with Crippen LogP contribution in [-0.2, 0) is 0 Å². The van der Waals surface area contributed by atoms with E-state index in [1.165, 1.54) is 12.1 Å². The van der Waals surface area contributed by atoms with E-state index in [1.54, 1.807) is 6.07 Å². The summed E-state index contributed by atoms with van der Waals surface area (Å²) in [6.07, 6.45) is 0.781. The molecule has 2 aromatic rings. The van der Waals surface area contributed by atoms with Gasteiger partial charge in [-0.15, -0.1) is 0 Å². The van der Waals surface area contributed by atoms with Gasteiger partial charge >= 0.3 is 0 Å². The third-order valence-electron chi connectivity index (χ3n) is 3.76. The monoisotopic (exact) mass is 355 g/mol. The topological polar surface area (TPSA) is 29.9 Å². The van der Waals surface area contributed by atoms with Crippen molar-refractivity contribution in [3.05, 3.63) is 45.6 Å². The molecule has 2 heterocycles. The summed E-state index contributed by atoms with van der Waals surface area (Å²) in [5.74, 6) is -0.454. The van der Waals surface area contributed by atoms with Crippen molar-refractivity contribution in [2.45, 2.75) is 32.2 Å². The molecule has 0 spiro atoms. The lowest BCUT2D eigenvalue weighted by Gasteiger charge is -2.26. The molecule has 1 aromatic heterocycles. The molecule has 0 bridgehead atoms. The van der Waals surface area contributed by atoms with Crippen molar-refractivity contribution in [3.63, 3.8) is 0 Å². The molecular formula is C15H16BrF2N3. The second-order valence-corrected chi connectivity index (χ2v) is 6.34. The third kappa shape index (κ3) is 2.46. The highest BCUT2D eigenvalue weighted by atomic mass is 79.9. The SMILES string of the molecule is CC(C)c1nn2c(c1Br)NCCC2c1ccc(F)c(F)c1. The Labute approximate surface area is 130 Å². The number of halogens is 3. The van der Waals surface area contributed by atoms with Gasteiger partial charge in [-0.05, 0) is 46.0 Å². The molecular weight excluding hydrogens is 340 g/mol. The van der Waals surface area contributed by atoms with Crippen LogP contribution in [0.1, 0.15) is 43.5 Å². The summed E-state index contributed by atoms with van der Waals surface area (Å²) >= 11 is 3.58. The molecule has 6 heteroatoms. The molecule has 1 N–H and O–H groups in total.